The molecule has 7 nitrogen and oxygen atoms in total. The second-order valence-corrected chi connectivity index (χ2v) is 8.60. The first kappa shape index (κ1) is 20.3. The molecule has 162 valence electrons. The Balaban J connectivity index is 1.59. The van der Waals surface area contributed by atoms with Gasteiger partial charge in [-0.25, -0.2) is 4.98 Å². The summed E-state index contributed by atoms with van der Waals surface area (Å²) in [6.45, 7) is 6.00. The summed E-state index contributed by atoms with van der Waals surface area (Å²) in [6, 6.07) is 14.3. The van der Waals surface area contributed by atoms with E-state index in [0.29, 0.717) is 11.6 Å². The van der Waals surface area contributed by atoms with Crippen molar-refractivity contribution < 1.29 is 4.84 Å². The van der Waals surface area contributed by atoms with Crippen LogP contribution in [0.2, 0.25) is 0 Å². The molecule has 3 heterocycles. The molecule has 0 N–H and O–H groups in total. The van der Waals surface area contributed by atoms with Crippen LogP contribution >= 0.6 is 0 Å². The number of fused-ring (bicyclic) bond motifs is 3. The van der Waals surface area contributed by atoms with Crippen LogP contribution in [0, 0.1) is 17.2 Å². The van der Waals surface area contributed by atoms with Gasteiger partial charge in [0.2, 0.25) is 0 Å². The lowest BCUT2D eigenvalue weighted by Crippen LogP contribution is -2.38. The second kappa shape index (κ2) is 8.12. The molecule has 1 aliphatic heterocycles. The van der Waals surface area contributed by atoms with E-state index in [1.165, 1.54) is 16.6 Å². The summed E-state index contributed by atoms with van der Waals surface area (Å²) in [5.74, 6) is 1.51. The minimum atomic E-state index is 0.193. The van der Waals surface area contributed by atoms with Gasteiger partial charge in [0.25, 0.3) is 5.88 Å². The van der Waals surface area contributed by atoms with Crippen LogP contribution in [0.15, 0.2) is 52.7 Å². The average molecular weight is 427 g/mol. The molecule has 0 fully saturated rings. The lowest BCUT2D eigenvalue weighted by atomic mass is 9.84. The molecule has 1 aliphatic carbocycles. The Morgan fingerprint density at radius 3 is 2.88 bits per heavy atom. The van der Waals surface area contributed by atoms with E-state index in [4.69, 9.17) is 9.83 Å². The number of aromatic nitrogens is 2. The molecule has 5 rings (SSSR count). The minimum absolute atomic E-state index is 0.193. The van der Waals surface area contributed by atoms with Crippen LogP contribution in [0.4, 0.5) is 0 Å². The predicted octanol–water partition coefficient (Wildman–Crippen LogP) is 3.91. The van der Waals surface area contributed by atoms with Crippen LogP contribution in [0.1, 0.15) is 37.1 Å². The molecular formula is C25H26N6O. The first-order valence-electron chi connectivity index (χ1n) is 11.0. The summed E-state index contributed by atoms with van der Waals surface area (Å²) in [5, 5.41) is 15.2. The molecule has 7 heteroatoms. The van der Waals surface area contributed by atoms with Gasteiger partial charge in [0, 0.05) is 54.4 Å². The Labute approximate surface area is 187 Å². The molecule has 0 saturated heterocycles. The minimum Gasteiger partial charge on any atom is -0.358 e. The SMILES string of the molecule is CC1=NC(C)CN1CC1CCc2c(c3ccccc3n2C)/C1=N/Oc1ncccc1C#N. The highest BCUT2D eigenvalue weighted by atomic mass is 16.6. The zero-order valence-corrected chi connectivity index (χ0v) is 18.6. The van der Waals surface area contributed by atoms with Crippen LogP contribution in [0.3, 0.4) is 0 Å². The summed E-state index contributed by atoms with van der Waals surface area (Å²) in [4.78, 5) is 17.1. The van der Waals surface area contributed by atoms with Gasteiger partial charge in [0.1, 0.15) is 11.6 Å². The third-order valence-corrected chi connectivity index (χ3v) is 6.51. The van der Waals surface area contributed by atoms with E-state index >= 15 is 0 Å². The Morgan fingerprint density at radius 1 is 1.25 bits per heavy atom. The fourth-order valence-corrected chi connectivity index (χ4v) is 4.98. The molecule has 0 saturated carbocycles. The largest absolute Gasteiger partial charge is 0.358 e. The highest BCUT2D eigenvalue weighted by molar-refractivity contribution is 6.14. The molecule has 0 amide bonds. The monoisotopic (exact) mass is 426 g/mol. The van der Waals surface area contributed by atoms with Crippen molar-refractivity contribution in [2.24, 2.45) is 23.1 Å². The number of amidine groups is 1. The molecule has 2 unspecified atom stereocenters. The van der Waals surface area contributed by atoms with Gasteiger partial charge in [-0.2, -0.15) is 5.26 Å². The quantitative estimate of drug-likeness (QED) is 0.593. The molecule has 0 bridgehead atoms. The van der Waals surface area contributed by atoms with E-state index in [9.17, 15) is 5.26 Å². The molecule has 1 aromatic carbocycles. The highest BCUT2D eigenvalue weighted by Gasteiger charge is 2.33. The van der Waals surface area contributed by atoms with Crippen LogP contribution in [0.5, 0.6) is 5.88 Å². The van der Waals surface area contributed by atoms with Crippen molar-refractivity contribution in [3.63, 3.8) is 0 Å². The number of para-hydroxylation sites is 1. The van der Waals surface area contributed by atoms with Crippen molar-refractivity contribution in [3.05, 3.63) is 59.4 Å². The highest BCUT2D eigenvalue weighted by Crippen LogP contribution is 2.35. The number of oxime groups is 1. The van der Waals surface area contributed by atoms with Crippen molar-refractivity contribution in [2.75, 3.05) is 13.1 Å². The average Bonchev–Trinajstić information content (AvgIpc) is 3.28. The van der Waals surface area contributed by atoms with Gasteiger partial charge in [-0.1, -0.05) is 23.4 Å². The number of benzene rings is 1. The van der Waals surface area contributed by atoms with Gasteiger partial charge in [-0.05, 0) is 44.9 Å². The Hall–Kier alpha value is -3.66. The maximum absolute atomic E-state index is 9.41. The number of hydrogen-bond acceptors (Lipinski definition) is 6. The van der Waals surface area contributed by atoms with Crippen molar-refractivity contribution in [1.82, 2.24) is 14.5 Å². The van der Waals surface area contributed by atoms with E-state index in [-0.39, 0.29) is 11.8 Å². The number of pyridine rings is 1. The van der Waals surface area contributed by atoms with Crippen LogP contribution in [-0.2, 0) is 13.5 Å². The van der Waals surface area contributed by atoms with Crippen molar-refractivity contribution in [1.29, 1.82) is 5.26 Å². The molecule has 2 aromatic heterocycles. The summed E-state index contributed by atoms with van der Waals surface area (Å²) >= 11 is 0. The number of aliphatic imine (C=N–C) groups is 1. The van der Waals surface area contributed by atoms with Crippen molar-refractivity contribution in [3.8, 4) is 11.9 Å². The molecule has 3 aromatic rings. The fourth-order valence-electron chi connectivity index (χ4n) is 4.98. The first-order chi connectivity index (χ1) is 15.6. The third kappa shape index (κ3) is 3.42. The van der Waals surface area contributed by atoms with Crippen LogP contribution in [0.25, 0.3) is 10.9 Å². The van der Waals surface area contributed by atoms with E-state index < -0.39 is 0 Å². The van der Waals surface area contributed by atoms with Crippen LogP contribution in [-0.4, -0.2) is 45.1 Å². The smallest absolute Gasteiger partial charge is 0.266 e. The number of aryl methyl sites for hydroxylation is 1. The van der Waals surface area contributed by atoms with Gasteiger partial charge in [0.05, 0.1) is 17.6 Å². The Bertz CT molecular complexity index is 1280. The topological polar surface area (TPSA) is 78.8 Å². The molecular weight excluding hydrogens is 400 g/mol. The zero-order valence-electron chi connectivity index (χ0n) is 18.6. The van der Waals surface area contributed by atoms with Gasteiger partial charge >= 0.3 is 0 Å². The maximum Gasteiger partial charge on any atom is 0.266 e. The van der Waals surface area contributed by atoms with Gasteiger partial charge in [0.15, 0.2) is 0 Å². The summed E-state index contributed by atoms with van der Waals surface area (Å²) in [7, 11) is 2.12. The molecule has 32 heavy (non-hydrogen) atoms. The second-order valence-electron chi connectivity index (χ2n) is 8.60. The third-order valence-electron chi connectivity index (χ3n) is 6.51. The van der Waals surface area contributed by atoms with E-state index in [1.807, 2.05) is 0 Å². The van der Waals surface area contributed by atoms with Gasteiger partial charge in [-0.3, -0.25) is 4.99 Å². The standard InChI is InChI=1S/C25H26N6O/c1-16-14-31(17(2)28-16)15-19-10-11-22-23(20-8-4-5-9-21(20)30(22)3)24(19)29-32-25-18(13-26)7-6-12-27-25/h4-9,12,16,19H,10-11,14-15H2,1-3H3/b29-24+. The lowest BCUT2D eigenvalue weighted by Gasteiger charge is -2.30. The summed E-state index contributed by atoms with van der Waals surface area (Å²) in [5.41, 5.74) is 4.90. The molecule has 2 aliphatic rings. The van der Waals surface area contributed by atoms with Crippen molar-refractivity contribution >= 4 is 22.5 Å². The van der Waals surface area contributed by atoms with Crippen molar-refractivity contribution in [2.45, 2.75) is 32.7 Å². The summed E-state index contributed by atoms with van der Waals surface area (Å²) < 4.78 is 2.27. The lowest BCUT2D eigenvalue weighted by molar-refractivity contribution is 0.315. The molecule has 0 radical (unpaired) electrons. The Kier molecular flexibility index (Phi) is 5.14. The van der Waals surface area contributed by atoms with E-state index in [1.54, 1.807) is 18.3 Å². The number of rotatable bonds is 4. The van der Waals surface area contributed by atoms with Gasteiger partial charge < -0.3 is 14.3 Å². The maximum atomic E-state index is 9.41. The number of hydrogen-bond donors (Lipinski definition) is 0. The van der Waals surface area contributed by atoms with E-state index in [0.717, 1.165) is 43.0 Å². The number of nitriles is 1. The predicted molar refractivity (Wildman–Crippen MR) is 125 cm³/mol. The molecule has 0 spiro atoms. The summed E-state index contributed by atoms with van der Waals surface area (Å²) in [6.07, 6.45) is 3.57. The van der Waals surface area contributed by atoms with Crippen LogP contribution < -0.4 is 4.84 Å². The first-order valence-corrected chi connectivity index (χ1v) is 11.0. The number of nitrogens with zero attached hydrogens (tertiary/aromatic N) is 6. The molecule has 2 atom stereocenters. The normalized spacial score (nSPS) is 21.5. The Morgan fingerprint density at radius 2 is 2.09 bits per heavy atom. The fraction of sp³-hybridized carbons (Fsp3) is 0.360. The van der Waals surface area contributed by atoms with Gasteiger partial charge in [-0.15, -0.1) is 0 Å². The van der Waals surface area contributed by atoms with E-state index in [2.05, 4.69) is 70.8 Å². The zero-order chi connectivity index (χ0) is 22.2.